The molecule has 90 valence electrons. The molecule has 0 saturated carbocycles. The minimum atomic E-state index is 0.285. The van der Waals surface area contributed by atoms with Crippen molar-refractivity contribution in [1.29, 1.82) is 0 Å². The summed E-state index contributed by atoms with van der Waals surface area (Å²) in [5.41, 5.74) is 2.40. The van der Waals surface area contributed by atoms with Crippen LogP contribution in [0.2, 0.25) is 0 Å². The lowest BCUT2D eigenvalue weighted by atomic mass is 10.1. The van der Waals surface area contributed by atoms with E-state index in [4.69, 9.17) is 4.42 Å². The summed E-state index contributed by atoms with van der Waals surface area (Å²) in [6.45, 7) is 2.95. The Bertz CT molecular complexity index is 482. The maximum absolute atomic E-state index is 5.04. The fraction of sp³-hybridized carbons (Fsp3) is 0.231. The normalized spacial score (nSPS) is 12.6. The van der Waals surface area contributed by atoms with Gasteiger partial charge in [-0.15, -0.1) is 0 Å². The van der Waals surface area contributed by atoms with Crippen LogP contribution in [0.5, 0.6) is 0 Å². The van der Waals surface area contributed by atoms with E-state index in [0.717, 1.165) is 21.1 Å². The lowest BCUT2D eigenvalue weighted by Gasteiger charge is -2.15. The molecule has 0 bridgehead atoms. The summed E-state index contributed by atoms with van der Waals surface area (Å²) in [6, 6.07) is 8.48. The van der Waals surface area contributed by atoms with Crippen molar-refractivity contribution in [2.45, 2.75) is 19.5 Å². The Morgan fingerprint density at radius 2 is 2.12 bits per heavy atom. The molecule has 1 atom stereocenters. The molecule has 0 radical (unpaired) electrons. The van der Waals surface area contributed by atoms with Gasteiger partial charge in [0.25, 0.3) is 0 Å². The van der Waals surface area contributed by atoms with Crippen LogP contribution in [0.3, 0.4) is 0 Å². The second kappa shape index (κ2) is 5.85. The predicted octanol–water partition coefficient (Wildman–Crippen LogP) is 4.66. The Labute approximate surface area is 118 Å². The zero-order valence-electron chi connectivity index (χ0n) is 9.41. The average Bonchev–Trinajstić information content (AvgIpc) is 2.78. The minimum Gasteiger partial charge on any atom is -0.472 e. The zero-order chi connectivity index (χ0) is 12.3. The third-order valence-electron chi connectivity index (χ3n) is 2.62. The number of hydrogen-bond acceptors (Lipinski definition) is 2. The highest BCUT2D eigenvalue weighted by molar-refractivity contribution is 9.11. The number of furan rings is 1. The molecule has 4 heteroatoms. The first-order valence-corrected chi connectivity index (χ1v) is 6.95. The maximum Gasteiger partial charge on any atom is 0.0947 e. The molecule has 0 fully saturated rings. The minimum absolute atomic E-state index is 0.285. The van der Waals surface area contributed by atoms with Gasteiger partial charge in [-0.3, -0.25) is 0 Å². The number of hydrogen-bond donors (Lipinski definition) is 1. The van der Waals surface area contributed by atoms with Gasteiger partial charge in [-0.1, -0.05) is 37.9 Å². The van der Waals surface area contributed by atoms with Crippen LogP contribution in [0.1, 0.15) is 24.1 Å². The molecule has 2 rings (SSSR count). The third kappa shape index (κ3) is 3.44. The van der Waals surface area contributed by atoms with Gasteiger partial charge in [0.15, 0.2) is 0 Å². The maximum atomic E-state index is 5.04. The van der Waals surface area contributed by atoms with Crippen LogP contribution >= 0.6 is 31.9 Å². The summed E-state index contributed by atoms with van der Waals surface area (Å²) >= 11 is 7.03. The van der Waals surface area contributed by atoms with Gasteiger partial charge in [0.2, 0.25) is 0 Å². The molecule has 0 spiro atoms. The highest BCUT2D eigenvalue weighted by Gasteiger charge is 2.09. The summed E-state index contributed by atoms with van der Waals surface area (Å²) in [4.78, 5) is 0. The first kappa shape index (κ1) is 12.9. The molecule has 0 aliphatic rings. The molecular formula is C13H13Br2NO. The van der Waals surface area contributed by atoms with Crippen LogP contribution in [-0.4, -0.2) is 0 Å². The van der Waals surface area contributed by atoms with Crippen molar-refractivity contribution < 1.29 is 4.42 Å². The Morgan fingerprint density at radius 1 is 1.29 bits per heavy atom. The van der Waals surface area contributed by atoms with E-state index < -0.39 is 0 Å². The van der Waals surface area contributed by atoms with Crippen molar-refractivity contribution in [3.8, 4) is 0 Å². The quantitative estimate of drug-likeness (QED) is 0.860. The fourth-order valence-corrected chi connectivity index (χ4v) is 3.02. The van der Waals surface area contributed by atoms with E-state index in [-0.39, 0.29) is 6.04 Å². The molecule has 0 amide bonds. The van der Waals surface area contributed by atoms with Crippen LogP contribution < -0.4 is 5.32 Å². The Morgan fingerprint density at radius 3 is 2.76 bits per heavy atom. The molecule has 0 saturated heterocycles. The van der Waals surface area contributed by atoms with Gasteiger partial charge in [-0.05, 0) is 30.7 Å². The summed E-state index contributed by atoms with van der Waals surface area (Å²) in [5, 5.41) is 3.46. The molecule has 2 nitrogen and oxygen atoms in total. The van der Waals surface area contributed by atoms with Crippen LogP contribution in [0, 0.1) is 0 Å². The van der Waals surface area contributed by atoms with Crippen molar-refractivity contribution in [3.05, 3.63) is 56.9 Å². The number of rotatable bonds is 4. The smallest absolute Gasteiger partial charge is 0.0947 e. The summed E-state index contributed by atoms with van der Waals surface area (Å²) in [5.74, 6) is 0. The highest BCUT2D eigenvalue weighted by atomic mass is 79.9. The molecule has 1 aromatic carbocycles. The van der Waals surface area contributed by atoms with Crippen molar-refractivity contribution in [2.75, 3.05) is 0 Å². The largest absolute Gasteiger partial charge is 0.472 e. The summed E-state index contributed by atoms with van der Waals surface area (Å²) in [6.07, 6.45) is 3.45. The second-order valence-corrected chi connectivity index (χ2v) is 5.67. The number of nitrogens with one attached hydrogen (secondary N) is 1. The lowest BCUT2D eigenvalue weighted by molar-refractivity contribution is 0.546. The SMILES string of the molecule is CC(NCc1ccoc1)c1ccc(Br)cc1Br. The van der Waals surface area contributed by atoms with E-state index in [1.807, 2.05) is 6.07 Å². The van der Waals surface area contributed by atoms with Crippen molar-refractivity contribution in [2.24, 2.45) is 0 Å². The molecule has 2 aromatic rings. The van der Waals surface area contributed by atoms with Gasteiger partial charge in [-0.2, -0.15) is 0 Å². The van der Waals surface area contributed by atoms with E-state index in [2.05, 4.69) is 62.3 Å². The molecular weight excluding hydrogens is 346 g/mol. The van der Waals surface area contributed by atoms with Gasteiger partial charge in [0.1, 0.15) is 0 Å². The van der Waals surface area contributed by atoms with Gasteiger partial charge >= 0.3 is 0 Å². The van der Waals surface area contributed by atoms with Crippen molar-refractivity contribution in [1.82, 2.24) is 5.32 Å². The molecule has 0 aliphatic heterocycles. The fourth-order valence-electron chi connectivity index (χ4n) is 1.63. The van der Waals surface area contributed by atoms with E-state index in [9.17, 15) is 0 Å². The third-order valence-corrected chi connectivity index (χ3v) is 3.80. The standard InChI is InChI=1S/C13H13Br2NO/c1-9(16-7-10-4-5-17-8-10)12-3-2-11(14)6-13(12)15/h2-6,8-9,16H,7H2,1H3. The van der Waals surface area contributed by atoms with E-state index in [1.165, 1.54) is 5.56 Å². The topological polar surface area (TPSA) is 25.2 Å². The molecule has 17 heavy (non-hydrogen) atoms. The van der Waals surface area contributed by atoms with Gasteiger partial charge in [-0.25, -0.2) is 0 Å². The van der Waals surface area contributed by atoms with Crippen LogP contribution in [-0.2, 0) is 6.54 Å². The predicted molar refractivity (Wildman–Crippen MR) is 75.8 cm³/mol. The Kier molecular flexibility index (Phi) is 4.42. The van der Waals surface area contributed by atoms with Crippen LogP contribution in [0.25, 0.3) is 0 Å². The number of benzene rings is 1. The average molecular weight is 359 g/mol. The Hall–Kier alpha value is -0.580. The Balaban J connectivity index is 2.01. The lowest BCUT2D eigenvalue weighted by Crippen LogP contribution is -2.18. The summed E-state index contributed by atoms with van der Waals surface area (Å²) < 4.78 is 7.23. The van der Waals surface area contributed by atoms with Crippen molar-refractivity contribution >= 4 is 31.9 Å². The second-order valence-electron chi connectivity index (χ2n) is 3.90. The van der Waals surface area contributed by atoms with E-state index in [0.29, 0.717) is 0 Å². The molecule has 1 N–H and O–H groups in total. The van der Waals surface area contributed by atoms with E-state index in [1.54, 1.807) is 12.5 Å². The first-order chi connectivity index (χ1) is 8.16. The molecule has 1 aromatic heterocycles. The zero-order valence-corrected chi connectivity index (χ0v) is 12.6. The highest BCUT2D eigenvalue weighted by Crippen LogP contribution is 2.26. The van der Waals surface area contributed by atoms with Gasteiger partial charge in [0.05, 0.1) is 12.5 Å². The van der Waals surface area contributed by atoms with Crippen LogP contribution in [0.4, 0.5) is 0 Å². The van der Waals surface area contributed by atoms with Gasteiger partial charge in [0, 0.05) is 27.1 Å². The molecule has 1 unspecified atom stereocenters. The van der Waals surface area contributed by atoms with Crippen LogP contribution in [0.15, 0.2) is 50.2 Å². The number of halogens is 2. The van der Waals surface area contributed by atoms with E-state index >= 15 is 0 Å². The molecule has 1 heterocycles. The first-order valence-electron chi connectivity index (χ1n) is 5.36. The van der Waals surface area contributed by atoms with Gasteiger partial charge < -0.3 is 9.73 Å². The van der Waals surface area contributed by atoms with Crippen molar-refractivity contribution in [3.63, 3.8) is 0 Å². The molecule has 0 aliphatic carbocycles. The monoisotopic (exact) mass is 357 g/mol. The summed E-state index contributed by atoms with van der Waals surface area (Å²) in [7, 11) is 0.